The molecule has 0 aliphatic carbocycles. The molecule has 0 spiro atoms. The van der Waals surface area contributed by atoms with Crippen molar-refractivity contribution in [1.82, 2.24) is 0 Å². The summed E-state index contributed by atoms with van der Waals surface area (Å²) in [4.78, 5) is 9.67. The molecule has 0 unspecified atom stereocenters. The van der Waals surface area contributed by atoms with Gasteiger partial charge in [0.05, 0.1) is 0 Å². The average Bonchev–Trinajstić information content (AvgIpc) is 1.27. The van der Waals surface area contributed by atoms with Crippen molar-refractivity contribution in [3.05, 3.63) is 0 Å². The number of hydrogen-bond acceptors (Lipinski definition) is 4. The van der Waals surface area contributed by atoms with E-state index in [1.165, 1.54) is 0 Å². The number of hydrogen-bond donors (Lipinski definition) is 0. The summed E-state index contributed by atoms with van der Waals surface area (Å²) >= 11 is -3.83. The zero-order chi connectivity index (χ0) is 5.86. The summed E-state index contributed by atoms with van der Waals surface area (Å²) in [6.45, 7) is 1.05. The molecule has 0 aromatic carbocycles. The number of carbonyl (C=O) groups is 1. The van der Waals surface area contributed by atoms with E-state index in [2.05, 4.69) is 3.39 Å². The van der Waals surface area contributed by atoms with Crippen molar-refractivity contribution in [2.24, 2.45) is 0 Å². The van der Waals surface area contributed by atoms with Crippen LogP contribution < -0.4 is 0 Å². The van der Waals surface area contributed by atoms with Crippen LogP contribution in [-0.2, 0) is 32.6 Å². The molecule has 0 heterocycles. The van der Waals surface area contributed by atoms with Crippen molar-refractivity contribution >= 4 is 5.97 Å². The molecule has 0 amide bonds. The van der Waals surface area contributed by atoms with Crippen LogP contribution in [0.25, 0.3) is 0 Å². The van der Waals surface area contributed by atoms with E-state index < -0.39 is 23.6 Å². The first-order valence-electron chi connectivity index (χ1n) is 1.41. The second kappa shape index (κ2) is 2.85. The molecule has 0 aromatic rings. The monoisotopic (exact) mass is 189 g/mol. The summed E-state index contributed by atoms with van der Waals surface area (Å²) in [5.74, 6) is -0.762. The van der Waals surface area contributed by atoms with E-state index in [1.54, 1.807) is 0 Å². The third-order valence-corrected chi connectivity index (χ3v) is 1.10. The van der Waals surface area contributed by atoms with Gasteiger partial charge in [0.15, 0.2) is 0 Å². The molecule has 0 bridgehead atoms. The van der Waals surface area contributed by atoms with Gasteiger partial charge < -0.3 is 0 Å². The summed E-state index contributed by atoms with van der Waals surface area (Å²) in [7, 11) is 0. The summed E-state index contributed by atoms with van der Waals surface area (Å²) in [5, 5.41) is 0. The Morgan fingerprint density at radius 1 is 1.57 bits per heavy atom. The fraction of sp³-hybridized carbons (Fsp3) is 0.500. The molecule has 5 heteroatoms. The van der Waals surface area contributed by atoms with E-state index in [-0.39, 0.29) is 0 Å². The molecule has 4 nitrogen and oxygen atoms in total. The van der Waals surface area contributed by atoms with Gasteiger partial charge in [0.25, 0.3) is 0 Å². The van der Waals surface area contributed by atoms with Crippen LogP contribution in [0.1, 0.15) is 6.92 Å². The SMILES string of the molecule is CC(=O)[O][Mo](=[O])=[O]. The van der Waals surface area contributed by atoms with Gasteiger partial charge in [-0.25, -0.2) is 0 Å². The summed E-state index contributed by atoms with van der Waals surface area (Å²) < 4.78 is 22.7. The number of rotatable bonds is 1. The van der Waals surface area contributed by atoms with Gasteiger partial charge >= 0.3 is 45.5 Å². The maximum absolute atomic E-state index is 9.67. The van der Waals surface area contributed by atoms with Gasteiger partial charge in [-0.3, -0.25) is 0 Å². The fourth-order valence-corrected chi connectivity index (χ4v) is 0.567. The third kappa shape index (κ3) is 5.76. The van der Waals surface area contributed by atoms with Crippen LogP contribution in [-0.4, -0.2) is 5.97 Å². The van der Waals surface area contributed by atoms with E-state index in [4.69, 9.17) is 0 Å². The molecule has 0 aliphatic rings. The van der Waals surface area contributed by atoms with Crippen molar-refractivity contribution < 1.29 is 32.6 Å². The van der Waals surface area contributed by atoms with Crippen LogP contribution in [0, 0.1) is 0 Å². The average molecular weight is 187 g/mol. The zero-order valence-corrected chi connectivity index (χ0v) is 5.55. The molecule has 0 N–H and O–H groups in total. The van der Waals surface area contributed by atoms with E-state index >= 15 is 0 Å². The summed E-state index contributed by atoms with van der Waals surface area (Å²) in [6.07, 6.45) is 0. The Bertz CT molecular complexity index is 127. The Morgan fingerprint density at radius 2 is 2.00 bits per heavy atom. The van der Waals surface area contributed by atoms with Crippen LogP contribution in [0.4, 0.5) is 0 Å². The predicted molar refractivity (Wildman–Crippen MR) is 13.1 cm³/mol. The van der Waals surface area contributed by atoms with Crippen molar-refractivity contribution in [1.29, 1.82) is 0 Å². The first-order valence-corrected chi connectivity index (χ1v) is 3.87. The van der Waals surface area contributed by atoms with Crippen LogP contribution >= 0.6 is 0 Å². The molecular weight excluding hydrogens is 184 g/mol. The second-order valence-corrected chi connectivity index (χ2v) is 2.19. The molecule has 0 radical (unpaired) electrons. The number of carbonyl (C=O) groups excluding carboxylic acids is 1. The fourth-order valence-electron chi connectivity index (χ4n) is 0.0958. The minimum absolute atomic E-state index is 0.762. The minimum atomic E-state index is -3.83. The molecule has 41 valence electrons. The normalized spacial score (nSPS) is 7.57. The van der Waals surface area contributed by atoms with Crippen molar-refractivity contribution in [3.8, 4) is 0 Å². The van der Waals surface area contributed by atoms with Gasteiger partial charge in [-0.05, 0) is 0 Å². The van der Waals surface area contributed by atoms with E-state index in [0.29, 0.717) is 0 Å². The quantitative estimate of drug-likeness (QED) is 0.532. The van der Waals surface area contributed by atoms with Gasteiger partial charge in [0.2, 0.25) is 0 Å². The predicted octanol–water partition coefficient (Wildman–Crippen LogP) is -0.226. The van der Waals surface area contributed by atoms with Gasteiger partial charge in [0.1, 0.15) is 0 Å². The molecular formula is C2H3MoO4. The molecule has 0 saturated carbocycles. The van der Waals surface area contributed by atoms with Crippen LogP contribution in [0.5, 0.6) is 0 Å². The summed E-state index contributed by atoms with van der Waals surface area (Å²) in [5.41, 5.74) is 0. The first-order chi connectivity index (χ1) is 3.13. The van der Waals surface area contributed by atoms with Gasteiger partial charge in [0, 0.05) is 0 Å². The van der Waals surface area contributed by atoms with Crippen molar-refractivity contribution in [3.63, 3.8) is 0 Å². The van der Waals surface area contributed by atoms with E-state index in [1.807, 2.05) is 0 Å². The first kappa shape index (κ1) is 6.76. The Labute approximate surface area is 46.1 Å². The second-order valence-electron chi connectivity index (χ2n) is 0.779. The molecule has 0 aliphatic heterocycles. The maximum atomic E-state index is 9.67. The Kier molecular flexibility index (Phi) is 2.76. The standard InChI is InChI=1S/C2H4O2.Mo.2O/c1-2(3)4;;;/h1H3,(H,3,4);;;/q;+1;;/p-1. The van der Waals surface area contributed by atoms with Gasteiger partial charge in [-0.15, -0.1) is 0 Å². The van der Waals surface area contributed by atoms with Crippen LogP contribution in [0.15, 0.2) is 0 Å². The van der Waals surface area contributed by atoms with Crippen LogP contribution in [0.2, 0.25) is 0 Å². The Hall–Kier alpha value is -0.242. The Morgan fingerprint density at radius 3 is 2.00 bits per heavy atom. The van der Waals surface area contributed by atoms with E-state index in [0.717, 1.165) is 6.92 Å². The van der Waals surface area contributed by atoms with Gasteiger partial charge in [-0.1, -0.05) is 0 Å². The molecule has 0 fully saturated rings. The van der Waals surface area contributed by atoms with Crippen molar-refractivity contribution in [2.75, 3.05) is 0 Å². The Balaban J connectivity index is 3.53. The molecule has 0 saturated heterocycles. The molecule has 0 atom stereocenters. The molecule has 7 heavy (non-hydrogen) atoms. The topological polar surface area (TPSA) is 60.4 Å². The molecule has 0 aromatic heterocycles. The van der Waals surface area contributed by atoms with Crippen molar-refractivity contribution in [2.45, 2.75) is 6.92 Å². The van der Waals surface area contributed by atoms with Gasteiger partial charge in [-0.2, -0.15) is 0 Å². The van der Waals surface area contributed by atoms with Crippen LogP contribution in [0.3, 0.4) is 0 Å². The van der Waals surface area contributed by atoms with E-state index in [9.17, 15) is 11.6 Å². The third-order valence-electron chi connectivity index (χ3n) is 0.185. The zero-order valence-electron chi connectivity index (χ0n) is 3.54. The summed E-state index contributed by atoms with van der Waals surface area (Å²) in [6, 6.07) is 0. The molecule has 0 rings (SSSR count).